The highest BCUT2D eigenvalue weighted by Crippen LogP contribution is 2.69. The molecule has 35 heavy (non-hydrogen) atoms. The molecule has 4 aliphatic rings. The molecule has 0 spiro atoms. The van der Waals surface area contributed by atoms with Gasteiger partial charge in [-0.2, -0.15) is 0 Å². The lowest BCUT2D eigenvalue weighted by Gasteiger charge is -2.66. The summed E-state index contributed by atoms with van der Waals surface area (Å²) in [5.74, 6) is 4.59. The molecule has 5 N–H and O–H groups in total. The van der Waals surface area contributed by atoms with Crippen molar-refractivity contribution in [3.8, 4) is 0 Å². The number of aliphatic hydroxyl groups excluding tert-OH is 1. The molecule has 0 bridgehead atoms. The zero-order chi connectivity index (χ0) is 25.4. The summed E-state index contributed by atoms with van der Waals surface area (Å²) in [5.41, 5.74) is 5.32. The Balaban J connectivity index is 1.54. The second-order valence-electron chi connectivity index (χ2n) is 14.4. The quantitative estimate of drug-likeness (QED) is 0.288. The monoisotopic (exact) mass is 490 g/mol. The van der Waals surface area contributed by atoms with Gasteiger partial charge in [-0.1, -0.05) is 53.9 Å². The van der Waals surface area contributed by atoms with Gasteiger partial charge in [0.1, 0.15) is 0 Å². The van der Waals surface area contributed by atoms with Crippen LogP contribution in [0, 0.1) is 46.3 Å². The van der Waals surface area contributed by atoms with Gasteiger partial charge in [-0.05, 0) is 112 Å². The van der Waals surface area contributed by atoms with Gasteiger partial charge in [0.25, 0.3) is 0 Å². The topological polar surface area (TPSA) is 78.5 Å². The standard InChI is InChI=1S/C31H58N2O2/c1-21(2)9-8-10-22(3)25-11-12-26-24-19-28(33-18-7-6-17-32)31(35)20-23(34)13-16-30(31,5)27(24)14-15-29(25,26)4/h21-28,33-35H,6-20,32H2,1-5H3/t22-,23?,24+,25-,26+,27+,28?,29-,30-,31?/m1/s1. The largest absolute Gasteiger partial charge is 0.393 e. The molecule has 4 rings (SSSR count). The summed E-state index contributed by atoms with van der Waals surface area (Å²) in [6.45, 7) is 14.0. The van der Waals surface area contributed by atoms with Gasteiger partial charge in [0.05, 0.1) is 11.7 Å². The maximum atomic E-state index is 12.3. The van der Waals surface area contributed by atoms with Crippen molar-refractivity contribution in [2.24, 2.45) is 52.1 Å². The van der Waals surface area contributed by atoms with Crippen LogP contribution in [0.2, 0.25) is 0 Å². The Hall–Kier alpha value is -0.160. The fourth-order valence-electron chi connectivity index (χ4n) is 10.1. The molecule has 0 aromatic rings. The van der Waals surface area contributed by atoms with E-state index in [0.717, 1.165) is 68.9 Å². The van der Waals surface area contributed by atoms with Gasteiger partial charge in [0.15, 0.2) is 0 Å². The Labute approximate surface area is 216 Å². The van der Waals surface area contributed by atoms with Crippen molar-refractivity contribution >= 4 is 0 Å². The summed E-state index contributed by atoms with van der Waals surface area (Å²) in [6, 6.07) is 0.0892. The molecule has 4 heteroatoms. The SMILES string of the molecule is CC(C)CCC[C@@H](C)[C@H]1CC[C@H]2[C@@H]3CC(NCCCCN)C4(O)CC(O)CC[C@]4(C)[C@H]3CC[C@]12C. The summed E-state index contributed by atoms with van der Waals surface area (Å²) in [6.07, 6.45) is 14.7. The number of rotatable bonds is 10. The summed E-state index contributed by atoms with van der Waals surface area (Å²) < 4.78 is 0. The fourth-order valence-corrected chi connectivity index (χ4v) is 10.1. The molecule has 0 saturated heterocycles. The van der Waals surface area contributed by atoms with Crippen molar-refractivity contribution in [3.05, 3.63) is 0 Å². The first kappa shape index (κ1) is 27.9. The zero-order valence-corrected chi connectivity index (χ0v) is 23.7. The third kappa shape index (κ3) is 5.00. The van der Waals surface area contributed by atoms with Crippen molar-refractivity contribution in [3.63, 3.8) is 0 Å². The van der Waals surface area contributed by atoms with Gasteiger partial charge in [0, 0.05) is 17.9 Å². The molecule has 0 radical (unpaired) electrons. The number of unbranched alkanes of at least 4 members (excludes halogenated alkanes) is 1. The fraction of sp³-hybridized carbons (Fsp3) is 1.00. The predicted molar refractivity (Wildman–Crippen MR) is 146 cm³/mol. The molecule has 4 saturated carbocycles. The molecule has 0 amide bonds. The molecule has 4 fully saturated rings. The van der Waals surface area contributed by atoms with Crippen LogP contribution in [-0.4, -0.2) is 41.0 Å². The number of aliphatic hydroxyl groups is 2. The molecule has 0 aliphatic heterocycles. The van der Waals surface area contributed by atoms with Crippen LogP contribution in [0.1, 0.15) is 118 Å². The van der Waals surface area contributed by atoms with Crippen LogP contribution in [-0.2, 0) is 0 Å². The van der Waals surface area contributed by atoms with Crippen molar-refractivity contribution in [1.82, 2.24) is 5.32 Å². The van der Waals surface area contributed by atoms with Crippen LogP contribution < -0.4 is 11.1 Å². The summed E-state index contributed by atoms with van der Waals surface area (Å²) >= 11 is 0. The first-order valence-electron chi connectivity index (χ1n) is 15.4. The molecule has 0 heterocycles. The molecule has 4 nitrogen and oxygen atoms in total. The smallest absolute Gasteiger partial charge is 0.0880 e. The average molecular weight is 491 g/mol. The summed E-state index contributed by atoms with van der Waals surface area (Å²) in [7, 11) is 0. The van der Waals surface area contributed by atoms with Gasteiger partial charge in [-0.15, -0.1) is 0 Å². The number of fused-ring (bicyclic) bond motifs is 5. The Morgan fingerprint density at radius 1 is 0.943 bits per heavy atom. The van der Waals surface area contributed by atoms with Crippen molar-refractivity contribution in [2.75, 3.05) is 13.1 Å². The number of nitrogens with one attached hydrogen (secondary N) is 1. The van der Waals surface area contributed by atoms with Crippen molar-refractivity contribution < 1.29 is 10.2 Å². The summed E-state index contributed by atoms with van der Waals surface area (Å²) in [4.78, 5) is 0. The number of hydrogen-bond acceptors (Lipinski definition) is 4. The second-order valence-corrected chi connectivity index (χ2v) is 14.4. The van der Waals surface area contributed by atoms with Gasteiger partial charge in [0.2, 0.25) is 0 Å². The lowest BCUT2D eigenvalue weighted by molar-refractivity contribution is -0.234. The van der Waals surface area contributed by atoms with E-state index in [4.69, 9.17) is 5.73 Å². The van der Waals surface area contributed by atoms with Gasteiger partial charge >= 0.3 is 0 Å². The number of nitrogens with two attached hydrogens (primary N) is 1. The van der Waals surface area contributed by atoms with Gasteiger partial charge in [-0.25, -0.2) is 0 Å². The maximum absolute atomic E-state index is 12.3. The van der Waals surface area contributed by atoms with Crippen LogP contribution in [0.25, 0.3) is 0 Å². The van der Waals surface area contributed by atoms with Crippen LogP contribution in [0.5, 0.6) is 0 Å². The van der Waals surface area contributed by atoms with Gasteiger partial charge in [-0.3, -0.25) is 0 Å². The molecule has 4 aliphatic carbocycles. The first-order chi connectivity index (χ1) is 16.6. The second kappa shape index (κ2) is 10.9. The lowest BCUT2D eigenvalue weighted by Crippen LogP contribution is -2.71. The van der Waals surface area contributed by atoms with E-state index in [-0.39, 0.29) is 17.6 Å². The van der Waals surface area contributed by atoms with E-state index in [9.17, 15) is 10.2 Å². The third-order valence-electron chi connectivity index (χ3n) is 12.1. The van der Waals surface area contributed by atoms with Crippen LogP contribution in [0.3, 0.4) is 0 Å². The Bertz CT molecular complexity index is 699. The molecule has 3 unspecified atom stereocenters. The minimum absolute atomic E-state index is 0.0892. The molecular formula is C31H58N2O2. The van der Waals surface area contributed by atoms with Crippen molar-refractivity contribution in [1.29, 1.82) is 0 Å². The van der Waals surface area contributed by atoms with E-state index in [0.29, 0.717) is 23.7 Å². The lowest BCUT2D eigenvalue weighted by atomic mass is 9.42. The first-order valence-corrected chi connectivity index (χ1v) is 15.4. The zero-order valence-electron chi connectivity index (χ0n) is 23.7. The van der Waals surface area contributed by atoms with Crippen LogP contribution in [0.4, 0.5) is 0 Å². The molecule has 0 aromatic heterocycles. The third-order valence-corrected chi connectivity index (χ3v) is 12.1. The average Bonchev–Trinajstić information content (AvgIpc) is 3.15. The van der Waals surface area contributed by atoms with Crippen LogP contribution in [0.15, 0.2) is 0 Å². The van der Waals surface area contributed by atoms with E-state index in [1.807, 2.05) is 0 Å². The van der Waals surface area contributed by atoms with Crippen molar-refractivity contribution in [2.45, 2.75) is 136 Å². The summed E-state index contributed by atoms with van der Waals surface area (Å²) in [5, 5.41) is 26.8. The molecular weight excluding hydrogens is 432 g/mol. The maximum Gasteiger partial charge on any atom is 0.0880 e. The highest BCUT2D eigenvalue weighted by Gasteiger charge is 2.67. The Kier molecular flexibility index (Phi) is 8.68. The normalized spacial score (nSPS) is 46.2. The number of hydrogen-bond donors (Lipinski definition) is 4. The van der Waals surface area contributed by atoms with Crippen LogP contribution >= 0.6 is 0 Å². The van der Waals surface area contributed by atoms with Gasteiger partial charge < -0.3 is 21.3 Å². The van der Waals surface area contributed by atoms with E-state index in [2.05, 4.69) is 39.9 Å². The molecule has 204 valence electrons. The highest BCUT2D eigenvalue weighted by molar-refractivity contribution is 5.18. The minimum atomic E-state index is -0.801. The van der Waals surface area contributed by atoms with E-state index < -0.39 is 5.60 Å². The Morgan fingerprint density at radius 2 is 1.71 bits per heavy atom. The molecule has 10 atom stereocenters. The highest BCUT2D eigenvalue weighted by atomic mass is 16.3. The minimum Gasteiger partial charge on any atom is -0.393 e. The predicted octanol–water partition coefficient (Wildman–Crippen LogP) is 5.89. The van der Waals surface area contributed by atoms with E-state index >= 15 is 0 Å². The van der Waals surface area contributed by atoms with E-state index in [1.54, 1.807) is 0 Å². The van der Waals surface area contributed by atoms with E-state index in [1.165, 1.54) is 44.9 Å². The molecule has 0 aromatic carbocycles. The Morgan fingerprint density at radius 3 is 2.43 bits per heavy atom.